The van der Waals surface area contributed by atoms with E-state index in [-0.39, 0.29) is 29.6 Å². The third-order valence-electron chi connectivity index (χ3n) is 4.74. The van der Waals surface area contributed by atoms with Gasteiger partial charge >= 0.3 is 0 Å². The highest BCUT2D eigenvalue weighted by Gasteiger charge is 2.29. The molecule has 3 rings (SSSR count). The molecule has 1 aromatic carbocycles. The SMILES string of the molecule is COc1ccc([C@H](CC(=O)N2CCOCC2)c2oc(C)cc(=O)c2O)cc1O. The molecule has 1 fully saturated rings. The Morgan fingerprint density at radius 1 is 1.25 bits per heavy atom. The highest BCUT2D eigenvalue weighted by Crippen LogP contribution is 2.37. The third kappa shape index (κ3) is 4.12. The van der Waals surface area contributed by atoms with Crippen molar-refractivity contribution in [2.24, 2.45) is 0 Å². The van der Waals surface area contributed by atoms with Gasteiger partial charge in [0.2, 0.25) is 17.1 Å². The van der Waals surface area contributed by atoms with E-state index in [0.717, 1.165) is 0 Å². The topological polar surface area (TPSA) is 109 Å². The number of aryl methyl sites for hydroxylation is 1. The third-order valence-corrected chi connectivity index (χ3v) is 4.74. The zero-order valence-electron chi connectivity index (χ0n) is 15.8. The van der Waals surface area contributed by atoms with Gasteiger partial charge in [0.1, 0.15) is 5.76 Å². The van der Waals surface area contributed by atoms with Crippen molar-refractivity contribution in [3.63, 3.8) is 0 Å². The van der Waals surface area contributed by atoms with Gasteiger partial charge in [-0.2, -0.15) is 0 Å². The fourth-order valence-corrected chi connectivity index (χ4v) is 3.26. The van der Waals surface area contributed by atoms with Crippen LogP contribution in [0.1, 0.15) is 29.4 Å². The summed E-state index contributed by atoms with van der Waals surface area (Å²) in [6, 6.07) is 5.85. The maximum Gasteiger partial charge on any atom is 0.227 e. The summed E-state index contributed by atoms with van der Waals surface area (Å²) in [6.07, 6.45) is -0.0360. The molecule has 1 amide bonds. The molecule has 0 saturated carbocycles. The second-order valence-corrected chi connectivity index (χ2v) is 6.62. The molecule has 1 aliphatic rings. The first kappa shape index (κ1) is 19.8. The van der Waals surface area contributed by atoms with Crippen molar-refractivity contribution in [1.82, 2.24) is 4.90 Å². The van der Waals surface area contributed by atoms with E-state index >= 15 is 0 Å². The summed E-state index contributed by atoms with van der Waals surface area (Å²) in [7, 11) is 1.43. The van der Waals surface area contributed by atoms with Crippen LogP contribution in [0, 0.1) is 6.92 Å². The summed E-state index contributed by atoms with van der Waals surface area (Å²) < 4.78 is 16.0. The lowest BCUT2D eigenvalue weighted by atomic mass is 9.91. The van der Waals surface area contributed by atoms with Crippen molar-refractivity contribution >= 4 is 5.91 Å². The normalized spacial score (nSPS) is 15.3. The van der Waals surface area contributed by atoms with Gasteiger partial charge in [-0.05, 0) is 24.6 Å². The zero-order chi connectivity index (χ0) is 20.3. The minimum absolute atomic E-state index is 0.00354. The summed E-state index contributed by atoms with van der Waals surface area (Å²) in [5.41, 5.74) is -0.0655. The lowest BCUT2D eigenvalue weighted by molar-refractivity contribution is -0.135. The number of carbonyl (C=O) groups excluding carboxylic acids is 1. The summed E-state index contributed by atoms with van der Waals surface area (Å²) in [6.45, 7) is 3.47. The van der Waals surface area contributed by atoms with Gasteiger partial charge in [0.15, 0.2) is 17.3 Å². The molecular weight excluding hydrogens is 366 g/mol. The summed E-state index contributed by atoms with van der Waals surface area (Å²) in [5.74, 6) is -0.974. The molecule has 2 heterocycles. The van der Waals surface area contributed by atoms with Crippen LogP contribution in [0.25, 0.3) is 0 Å². The predicted molar refractivity (Wildman–Crippen MR) is 99.9 cm³/mol. The van der Waals surface area contributed by atoms with Crippen LogP contribution in [0.4, 0.5) is 0 Å². The Bertz CT molecular complexity index is 915. The van der Waals surface area contributed by atoms with Gasteiger partial charge in [-0.1, -0.05) is 6.07 Å². The maximum absolute atomic E-state index is 12.8. The quantitative estimate of drug-likeness (QED) is 0.802. The molecule has 1 saturated heterocycles. The van der Waals surface area contributed by atoms with Crippen LogP contribution >= 0.6 is 0 Å². The van der Waals surface area contributed by atoms with Crippen LogP contribution in [0.3, 0.4) is 0 Å². The van der Waals surface area contributed by atoms with E-state index in [9.17, 15) is 19.8 Å². The smallest absolute Gasteiger partial charge is 0.227 e. The Labute approximate surface area is 161 Å². The minimum Gasteiger partial charge on any atom is -0.504 e. The number of aromatic hydroxyl groups is 2. The molecule has 0 spiro atoms. The lowest BCUT2D eigenvalue weighted by Crippen LogP contribution is -2.41. The van der Waals surface area contributed by atoms with Crippen molar-refractivity contribution in [1.29, 1.82) is 0 Å². The van der Waals surface area contributed by atoms with E-state index in [2.05, 4.69) is 0 Å². The van der Waals surface area contributed by atoms with Crippen LogP contribution < -0.4 is 10.2 Å². The molecule has 8 nitrogen and oxygen atoms in total. The molecule has 1 aliphatic heterocycles. The van der Waals surface area contributed by atoms with Crippen molar-refractivity contribution in [2.45, 2.75) is 19.3 Å². The largest absolute Gasteiger partial charge is 0.504 e. The van der Waals surface area contributed by atoms with Crippen molar-refractivity contribution < 1.29 is 28.9 Å². The van der Waals surface area contributed by atoms with E-state index < -0.39 is 17.1 Å². The molecular formula is C20H23NO7. The average Bonchev–Trinajstić information content (AvgIpc) is 2.69. The standard InChI is InChI=1S/C20H23NO7/c1-12-9-16(23)19(25)20(28-12)14(11-18(24)21-5-7-27-8-6-21)13-3-4-17(26-2)15(22)10-13/h3-4,9-10,14,22,25H,5-8,11H2,1-2H3/t14-/m0/s1. The molecule has 28 heavy (non-hydrogen) atoms. The van der Waals surface area contributed by atoms with Crippen LogP contribution in [-0.4, -0.2) is 54.4 Å². The number of phenols is 1. The Hall–Kier alpha value is -3.00. The van der Waals surface area contributed by atoms with Crippen molar-refractivity contribution in [3.05, 3.63) is 51.6 Å². The Morgan fingerprint density at radius 2 is 1.96 bits per heavy atom. The maximum atomic E-state index is 12.8. The number of amides is 1. The van der Waals surface area contributed by atoms with Gasteiger partial charge in [0, 0.05) is 25.6 Å². The highest BCUT2D eigenvalue weighted by molar-refractivity contribution is 5.78. The van der Waals surface area contributed by atoms with E-state index in [4.69, 9.17) is 13.9 Å². The summed E-state index contributed by atoms with van der Waals surface area (Å²) in [4.78, 5) is 26.6. The first-order valence-electron chi connectivity index (χ1n) is 8.96. The molecule has 2 N–H and O–H groups in total. The number of hydrogen-bond acceptors (Lipinski definition) is 7. The Morgan fingerprint density at radius 3 is 2.61 bits per heavy atom. The average molecular weight is 389 g/mol. The number of phenolic OH excluding ortho intramolecular Hbond substituents is 1. The number of carbonyl (C=O) groups is 1. The van der Waals surface area contributed by atoms with Crippen molar-refractivity contribution in [2.75, 3.05) is 33.4 Å². The van der Waals surface area contributed by atoms with Crippen LogP contribution in [-0.2, 0) is 9.53 Å². The number of benzene rings is 1. The summed E-state index contributed by atoms with van der Waals surface area (Å²) in [5, 5.41) is 20.5. The number of ether oxygens (including phenoxy) is 2. The second-order valence-electron chi connectivity index (χ2n) is 6.62. The first-order chi connectivity index (χ1) is 13.4. The van der Waals surface area contributed by atoms with Gasteiger partial charge < -0.3 is 29.0 Å². The van der Waals surface area contributed by atoms with E-state index in [1.807, 2.05) is 0 Å². The van der Waals surface area contributed by atoms with E-state index in [0.29, 0.717) is 37.6 Å². The monoisotopic (exact) mass is 389 g/mol. The van der Waals surface area contributed by atoms with Crippen molar-refractivity contribution in [3.8, 4) is 17.2 Å². The van der Waals surface area contributed by atoms with Crippen LogP contribution in [0.5, 0.6) is 17.2 Å². The first-order valence-corrected chi connectivity index (χ1v) is 8.96. The van der Waals surface area contributed by atoms with E-state index in [1.54, 1.807) is 24.0 Å². The molecule has 2 aromatic rings. The molecule has 0 radical (unpaired) electrons. The summed E-state index contributed by atoms with van der Waals surface area (Å²) >= 11 is 0. The molecule has 0 aliphatic carbocycles. The van der Waals surface area contributed by atoms with E-state index in [1.165, 1.54) is 19.2 Å². The molecule has 0 unspecified atom stereocenters. The fourth-order valence-electron chi connectivity index (χ4n) is 3.26. The second kappa shape index (κ2) is 8.35. The molecule has 1 aromatic heterocycles. The van der Waals surface area contributed by atoms with Gasteiger partial charge in [-0.25, -0.2) is 0 Å². The van der Waals surface area contributed by atoms with Crippen LogP contribution in [0.15, 0.2) is 33.5 Å². The van der Waals surface area contributed by atoms with Crippen LogP contribution in [0.2, 0.25) is 0 Å². The predicted octanol–water partition coefficient (Wildman–Crippen LogP) is 1.75. The zero-order valence-corrected chi connectivity index (χ0v) is 15.8. The molecule has 1 atom stereocenters. The van der Waals surface area contributed by atoms with Gasteiger partial charge in [0.25, 0.3) is 0 Å². The molecule has 0 bridgehead atoms. The Balaban J connectivity index is 2.02. The number of methoxy groups -OCH3 is 1. The van der Waals surface area contributed by atoms with Gasteiger partial charge in [-0.15, -0.1) is 0 Å². The number of morpholine rings is 1. The van der Waals surface area contributed by atoms with Gasteiger partial charge in [-0.3, -0.25) is 9.59 Å². The molecule has 8 heteroatoms. The Kier molecular flexibility index (Phi) is 5.89. The lowest BCUT2D eigenvalue weighted by Gasteiger charge is -2.28. The fraction of sp³-hybridized carbons (Fsp3) is 0.400. The number of hydrogen-bond donors (Lipinski definition) is 2. The van der Waals surface area contributed by atoms with Gasteiger partial charge in [0.05, 0.1) is 26.2 Å². The minimum atomic E-state index is -0.750. The highest BCUT2D eigenvalue weighted by atomic mass is 16.5. The number of rotatable bonds is 5. The number of nitrogens with zero attached hydrogens (tertiary/aromatic N) is 1. The molecule has 150 valence electrons.